The predicted octanol–water partition coefficient (Wildman–Crippen LogP) is 3.37. The number of benzene rings is 2. The highest BCUT2D eigenvalue weighted by Crippen LogP contribution is 2.13. The van der Waals surface area contributed by atoms with E-state index < -0.39 is 10.0 Å². The van der Waals surface area contributed by atoms with Gasteiger partial charge in [-0.25, -0.2) is 13.1 Å². The van der Waals surface area contributed by atoms with Crippen molar-refractivity contribution in [3.05, 3.63) is 70.8 Å². The summed E-state index contributed by atoms with van der Waals surface area (Å²) in [5.41, 5.74) is 4.10. The summed E-state index contributed by atoms with van der Waals surface area (Å²) in [6.07, 6.45) is 0. The van der Waals surface area contributed by atoms with Crippen molar-refractivity contribution in [1.29, 1.82) is 0 Å². The second-order valence-corrected chi connectivity index (χ2v) is 9.84. The molecule has 0 spiro atoms. The third-order valence-corrected chi connectivity index (χ3v) is 6.45. The van der Waals surface area contributed by atoms with Crippen LogP contribution in [-0.4, -0.2) is 26.1 Å². The van der Waals surface area contributed by atoms with Crippen molar-refractivity contribution in [1.82, 2.24) is 10.0 Å². The zero-order valence-electron chi connectivity index (χ0n) is 16.6. The lowest BCUT2D eigenvalue weighted by molar-refractivity contribution is -0.118. The van der Waals surface area contributed by atoms with Crippen molar-refractivity contribution in [2.45, 2.75) is 44.9 Å². The van der Waals surface area contributed by atoms with Crippen molar-refractivity contribution in [3.63, 3.8) is 0 Å². The van der Waals surface area contributed by atoms with Crippen molar-refractivity contribution in [2.24, 2.45) is 0 Å². The highest BCUT2D eigenvalue weighted by molar-refractivity contribution is 7.99. The van der Waals surface area contributed by atoms with Crippen LogP contribution >= 0.6 is 11.8 Å². The molecule has 2 N–H and O–H groups in total. The molecular formula is C21H28N2O3S2. The Labute approximate surface area is 172 Å². The van der Waals surface area contributed by atoms with Gasteiger partial charge in [0, 0.05) is 18.3 Å². The number of aryl methyl sites for hydroxylation is 1. The van der Waals surface area contributed by atoms with E-state index in [2.05, 4.69) is 41.2 Å². The van der Waals surface area contributed by atoms with Gasteiger partial charge in [-0.2, -0.15) is 0 Å². The molecule has 0 atom stereocenters. The van der Waals surface area contributed by atoms with Gasteiger partial charge in [0.15, 0.2) is 0 Å². The molecule has 0 aromatic heterocycles. The van der Waals surface area contributed by atoms with Crippen LogP contribution in [0.2, 0.25) is 0 Å². The lowest BCUT2D eigenvalue weighted by Crippen LogP contribution is -2.31. The Balaban J connectivity index is 1.73. The Bertz CT molecular complexity index is 862. The number of sulfonamides is 1. The standard InChI is InChI=1S/C21H28N2O3S2/c1-16(2)23-28(25,26)15-20-10-8-18(9-11-20)12-22-21(24)14-27-13-19-6-4-17(3)5-7-19/h4-11,16,23H,12-15H2,1-3H3,(H,22,24). The number of thioether (sulfide) groups is 1. The van der Waals surface area contributed by atoms with Gasteiger partial charge in [-0.1, -0.05) is 54.1 Å². The Morgan fingerprint density at radius 2 is 1.54 bits per heavy atom. The molecule has 0 aliphatic rings. The van der Waals surface area contributed by atoms with Gasteiger partial charge in [0.1, 0.15) is 0 Å². The molecule has 28 heavy (non-hydrogen) atoms. The summed E-state index contributed by atoms with van der Waals surface area (Å²) < 4.78 is 26.5. The summed E-state index contributed by atoms with van der Waals surface area (Å²) in [7, 11) is -3.33. The molecule has 0 fully saturated rings. The van der Waals surface area contributed by atoms with Gasteiger partial charge in [-0.15, -0.1) is 11.8 Å². The molecule has 0 saturated carbocycles. The van der Waals surface area contributed by atoms with Crippen LogP contribution in [-0.2, 0) is 32.9 Å². The van der Waals surface area contributed by atoms with Crippen LogP contribution in [0.25, 0.3) is 0 Å². The fourth-order valence-corrected chi connectivity index (χ4v) is 4.82. The minimum Gasteiger partial charge on any atom is -0.351 e. The van der Waals surface area contributed by atoms with Gasteiger partial charge < -0.3 is 5.32 Å². The molecule has 0 heterocycles. The Morgan fingerprint density at radius 1 is 0.964 bits per heavy atom. The average molecular weight is 421 g/mol. The number of carbonyl (C=O) groups is 1. The van der Waals surface area contributed by atoms with E-state index >= 15 is 0 Å². The van der Waals surface area contributed by atoms with Crippen LogP contribution in [0.4, 0.5) is 0 Å². The largest absolute Gasteiger partial charge is 0.351 e. The molecule has 0 aliphatic carbocycles. The molecule has 0 unspecified atom stereocenters. The summed E-state index contributed by atoms with van der Waals surface area (Å²) in [5.74, 6) is 1.16. The molecule has 0 saturated heterocycles. The summed E-state index contributed by atoms with van der Waals surface area (Å²) in [4.78, 5) is 12.0. The number of nitrogens with one attached hydrogen (secondary N) is 2. The molecule has 5 nitrogen and oxygen atoms in total. The third kappa shape index (κ3) is 8.46. The van der Waals surface area contributed by atoms with Crippen LogP contribution in [0.1, 0.15) is 36.1 Å². The highest BCUT2D eigenvalue weighted by atomic mass is 32.2. The van der Waals surface area contributed by atoms with Gasteiger partial charge in [0.2, 0.25) is 15.9 Å². The first-order chi connectivity index (χ1) is 13.2. The molecule has 0 bridgehead atoms. The molecular weight excluding hydrogens is 392 g/mol. The number of amides is 1. The minimum absolute atomic E-state index is 0.00935. The molecule has 2 aromatic carbocycles. The lowest BCUT2D eigenvalue weighted by atomic mass is 10.1. The SMILES string of the molecule is Cc1ccc(CSCC(=O)NCc2ccc(CS(=O)(=O)NC(C)C)cc2)cc1. The predicted molar refractivity (Wildman–Crippen MR) is 117 cm³/mol. The Morgan fingerprint density at radius 3 is 2.14 bits per heavy atom. The molecule has 1 amide bonds. The van der Waals surface area contributed by atoms with Crippen molar-refractivity contribution < 1.29 is 13.2 Å². The van der Waals surface area contributed by atoms with Crippen molar-refractivity contribution >= 4 is 27.7 Å². The first-order valence-corrected chi connectivity index (χ1v) is 12.0. The first-order valence-electron chi connectivity index (χ1n) is 9.21. The summed E-state index contributed by atoms with van der Waals surface area (Å²) in [6.45, 7) is 6.07. The minimum atomic E-state index is -3.33. The zero-order chi connectivity index (χ0) is 20.6. The molecule has 2 aromatic rings. The fourth-order valence-electron chi connectivity index (χ4n) is 2.57. The van der Waals surface area contributed by atoms with E-state index in [0.717, 1.165) is 16.9 Å². The number of hydrogen-bond acceptors (Lipinski definition) is 4. The number of rotatable bonds is 10. The second-order valence-electron chi connectivity index (χ2n) is 7.10. The van der Waals surface area contributed by atoms with E-state index in [1.54, 1.807) is 37.7 Å². The third-order valence-electron chi connectivity index (χ3n) is 3.91. The van der Waals surface area contributed by atoms with Gasteiger partial charge in [-0.05, 0) is 37.5 Å². The van der Waals surface area contributed by atoms with E-state index in [4.69, 9.17) is 0 Å². The summed E-state index contributed by atoms with van der Waals surface area (Å²) >= 11 is 1.58. The van der Waals surface area contributed by atoms with Gasteiger partial charge in [-0.3, -0.25) is 4.79 Å². The van der Waals surface area contributed by atoms with E-state index in [1.807, 2.05) is 12.1 Å². The molecule has 0 radical (unpaired) electrons. The van der Waals surface area contributed by atoms with Crippen LogP contribution in [0, 0.1) is 6.92 Å². The second kappa shape index (κ2) is 10.6. The van der Waals surface area contributed by atoms with E-state index in [0.29, 0.717) is 12.3 Å². The molecule has 152 valence electrons. The summed E-state index contributed by atoms with van der Waals surface area (Å²) in [5, 5.41) is 2.90. The van der Waals surface area contributed by atoms with E-state index in [9.17, 15) is 13.2 Å². The van der Waals surface area contributed by atoms with Crippen molar-refractivity contribution in [2.75, 3.05) is 5.75 Å². The maximum atomic E-state index is 12.0. The van der Waals surface area contributed by atoms with Crippen LogP contribution in [0.15, 0.2) is 48.5 Å². The van der Waals surface area contributed by atoms with Crippen LogP contribution < -0.4 is 10.0 Å². The lowest BCUT2D eigenvalue weighted by Gasteiger charge is -2.10. The average Bonchev–Trinajstić information content (AvgIpc) is 2.61. The van der Waals surface area contributed by atoms with Crippen molar-refractivity contribution in [3.8, 4) is 0 Å². The van der Waals surface area contributed by atoms with Crippen LogP contribution in [0.5, 0.6) is 0 Å². The van der Waals surface area contributed by atoms with Gasteiger partial charge in [0.05, 0.1) is 11.5 Å². The normalized spacial score (nSPS) is 11.6. The Hall–Kier alpha value is -1.83. The highest BCUT2D eigenvalue weighted by Gasteiger charge is 2.12. The summed E-state index contributed by atoms with van der Waals surface area (Å²) in [6, 6.07) is 15.5. The topological polar surface area (TPSA) is 75.3 Å². The maximum Gasteiger partial charge on any atom is 0.230 e. The number of carbonyl (C=O) groups excluding carboxylic acids is 1. The first kappa shape index (κ1) is 22.5. The fraction of sp³-hybridized carbons (Fsp3) is 0.381. The number of hydrogen-bond donors (Lipinski definition) is 2. The van der Waals surface area contributed by atoms with Gasteiger partial charge in [0.25, 0.3) is 0 Å². The smallest absolute Gasteiger partial charge is 0.230 e. The Kier molecular flexibility index (Phi) is 8.54. The monoisotopic (exact) mass is 420 g/mol. The van der Waals surface area contributed by atoms with E-state index in [1.165, 1.54) is 11.1 Å². The molecule has 2 rings (SSSR count). The molecule has 7 heteroatoms. The zero-order valence-corrected chi connectivity index (χ0v) is 18.2. The maximum absolute atomic E-state index is 12.0. The molecule has 0 aliphatic heterocycles. The van der Waals surface area contributed by atoms with E-state index in [-0.39, 0.29) is 17.7 Å². The van der Waals surface area contributed by atoms with Crippen LogP contribution in [0.3, 0.4) is 0 Å². The van der Waals surface area contributed by atoms with Gasteiger partial charge >= 0.3 is 0 Å². The quantitative estimate of drug-likeness (QED) is 0.618.